The molecule has 1 aromatic heterocycles. The van der Waals surface area contributed by atoms with Crippen LogP contribution in [0.3, 0.4) is 0 Å². The number of benzene rings is 2. The van der Waals surface area contributed by atoms with Gasteiger partial charge in [-0.15, -0.1) is 0 Å². The van der Waals surface area contributed by atoms with Crippen LogP contribution in [0.1, 0.15) is 63.1 Å². The van der Waals surface area contributed by atoms with E-state index in [9.17, 15) is 14.0 Å². The summed E-state index contributed by atoms with van der Waals surface area (Å²) in [6, 6.07) is 10.9. The monoisotopic (exact) mass is 451 g/mol. The molecule has 2 heterocycles. The van der Waals surface area contributed by atoms with Gasteiger partial charge in [0.05, 0.1) is 17.2 Å². The molecule has 0 fully saturated rings. The van der Waals surface area contributed by atoms with E-state index >= 15 is 0 Å². The van der Waals surface area contributed by atoms with Gasteiger partial charge in [-0.3, -0.25) is 4.79 Å². The van der Waals surface area contributed by atoms with E-state index in [0.717, 1.165) is 36.6 Å². The zero-order valence-electron chi connectivity index (χ0n) is 19.3. The van der Waals surface area contributed by atoms with E-state index in [4.69, 9.17) is 4.74 Å². The second-order valence-electron chi connectivity index (χ2n) is 8.84. The van der Waals surface area contributed by atoms with Gasteiger partial charge in [-0.1, -0.05) is 44.9 Å². The van der Waals surface area contributed by atoms with E-state index in [-0.39, 0.29) is 17.3 Å². The lowest BCUT2D eigenvalue weighted by molar-refractivity contribution is 0.0107. The molecule has 7 heteroatoms. The summed E-state index contributed by atoms with van der Waals surface area (Å²) in [7, 11) is 0. The Kier molecular flexibility index (Phi) is 6.40. The molecule has 1 aliphatic rings. The number of fused-ring (bicyclic) bond motifs is 2. The van der Waals surface area contributed by atoms with Crippen molar-refractivity contribution >= 4 is 22.6 Å². The summed E-state index contributed by atoms with van der Waals surface area (Å²) in [6.45, 7) is 6.06. The fraction of sp³-hybridized carbons (Fsp3) is 0.385. The predicted octanol–water partition coefficient (Wildman–Crippen LogP) is 5.96. The minimum Gasteiger partial charge on any atom is -0.484 e. The molecule has 3 N–H and O–H groups in total. The highest BCUT2D eigenvalue weighted by molar-refractivity contribution is 6.01. The number of hydrogen-bond donors (Lipinski definition) is 3. The summed E-state index contributed by atoms with van der Waals surface area (Å²) in [6.07, 6.45) is 3.93. The first kappa shape index (κ1) is 22.8. The number of aryl methyl sites for hydroxylation is 1. The number of halogens is 1. The van der Waals surface area contributed by atoms with Gasteiger partial charge in [-0.05, 0) is 43.5 Å². The second kappa shape index (κ2) is 9.25. The average molecular weight is 452 g/mol. The quantitative estimate of drug-likeness (QED) is 0.432. The second-order valence-corrected chi connectivity index (χ2v) is 8.84. The maximum Gasteiger partial charge on any atom is 0.319 e. The number of H-pyrrole nitrogens is 1. The Balaban J connectivity index is 1.65. The number of aromatic amines is 1. The van der Waals surface area contributed by atoms with E-state index in [1.807, 2.05) is 19.1 Å². The molecule has 0 radical (unpaired) electrons. The van der Waals surface area contributed by atoms with Gasteiger partial charge < -0.3 is 20.4 Å². The summed E-state index contributed by atoms with van der Waals surface area (Å²) < 4.78 is 21.0. The molecule has 0 unspecified atom stereocenters. The Morgan fingerprint density at radius 3 is 2.64 bits per heavy atom. The Morgan fingerprint density at radius 1 is 1.15 bits per heavy atom. The number of anilines is 1. The first-order valence-corrected chi connectivity index (χ1v) is 11.5. The number of hydrogen-bond acceptors (Lipinski definition) is 3. The minimum atomic E-state index is -0.522. The SMILES string of the molecule is CCCC1(CCC)C[C@@H](NC(=O)Nc2c(C)ccc3[nH]c(=O)ccc23)c2cccc(F)c2O1. The van der Waals surface area contributed by atoms with Crippen LogP contribution < -0.4 is 20.9 Å². The number of rotatable bonds is 6. The molecule has 2 amide bonds. The summed E-state index contributed by atoms with van der Waals surface area (Å²) in [5.41, 5.74) is 2.06. The molecule has 4 rings (SSSR count). The highest BCUT2D eigenvalue weighted by Gasteiger charge is 2.41. The topological polar surface area (TPSA) is 83.2 Å². The highest BCUT2D eigenvalue weighted by atomic mass is 19.1. The largest absolute Gasteiger partial charge is 0.484 e. The summed E-state index contributed by atoms with van der Waals surface area (Å²) in [5, 5.41) is 6.75. The number of carbonyl (C=O) groups is 1. The number of carbonyl (C=O) groups excluding carboxylic acids is 1. The smallest absolute Gasteiger partial charge is 0.319 e. The van der Waals surface area contributed by atoms with Crippen molar-refractivity contribution in [1.29, 1.82) is 0 Å². The van der Waals surface area contributed by atoms with Gasteiger partial charge >= 0.3 is 6.03 Å². The van der Waals surface area contributed by atoms with Crippen molar-refractivity contribution in [3.63, 3.8) is 0 Å². The number of urea groups is 1. The van der Waals surface area contributed by atoms with Gasteiger partial charge in [-0.2, -0.15) is 0 Å². The summed E-state index contributed by atoms with van der Waals surface area (Å²) >= 11 is 0. The Labute approximate surface area is 192 Å². The van der Waals surface area contributed by atoms with E-state index < -0.39 is 17.5 Å². The van der Waals surface area contributed by atoms with E-state index in [1.54, 1.807) is 18.2 Å². The molecular formula is C26H30FN3O3. The van der Waals surface area contributed by atoms with Crippen molar-refractivity contribution in [3.05, 3.63) is 69.8 Å². The molecule has 0 spiro atoms. The third kappa shape index (κ3) is 4.58. The standard InChI is InChI=1S/C26H30FN3O3/c1-4-13-26(14-5-2)15-21(18-7-6-8-19(27)24(18)33-26)29-25(32)30-23-16(3)9-11-20-17(23)10-12-22(31)28-20/h6-12,21H,4-5,13-15H2,1-3H3,(H,28,31)(H2,29,30,32)/t21-/m1/s1. The molecule has 0 bridgehead atoms. The lowest BCUT2D eigenvalue weighted by Gasteiger charge is -2.42. The van der Waals surface area contributed by atoms with Crippen molar-refractivity contribution in [2.75, 3.05) is 5.32 Å². The highest BCUT2D eigenvalue weighted by Crippen LogP contribution is 2.45. The number of amides is 2. The minimum absolute atomic E-state index is 0.203. The number of ether oxygens (including phenoxy) is 1. The molecule has 6 nitrogen and oxygen atoms in total. The first-order valence-electron chi connectivity index (χ1n) is 11.5. The van der Waals surface area contributed by atoms with Crippen molar-refractivity contribution in [2.45, 2.75) is 64.5 Å². The number of nitrogens with one attached hydrogen (secondary N) is 3. The van der Waals surface area contributed by atoms with Crippen LogP contribution in [-0.4, -0.2) is 16.6 Å². The Morgan fingerprint density at radius 2 is 1.91 bits per heavy atom. The van der Waals surface area contributed by atoms with Crippen LogP contribution in [0, 0.1) is 12.7 Å². The fourth-order valence-corrected chi connectivity index (χ4v) is 4.94. The van der Waals surface area contributed by atoms with Gasteiger partial charge in [0, 0.05) is 23.4 Å². The fourth-order valence-electron chi connectivity index (χ4n) is 4.94. The molecular weight excluding hydrogens is 421 g/mol. The van der Waals surface area contributed by atoms with E-state index in [2.05, 4.69) is 29.5 Å². The molecule has 0 saturated carbocycles. The van der Waals surface area contributed by atoms with Crippen LogP contribution in [0.25, 0.3) is 10.9 Å². The van der Waals surface area contributed by atoms with Crippen LogP contribution >= 0.6 is 0 Å². The summed E-state index contributed by atoms with van der Waals surface area (Å²) in [4.78, 5) is 27.6. The van der Waals surface area contributed by atoms with Gasteiger partial charge in [-0.25, -0.2) is 9.18 Å². The maximum atomic E-state index is 14.7. The lowest BCUT2D eigenvalue weighted by Crippen LogP contribution is -2.46. The first-order chi connectivity index (χ1) is 15.9. The molecule has 174 valence electrons. The normalized spacial score (nSPS) is 16.7. The van der Waals surface area contributed by atoms with Gasteiger partial charge in [0.2, 0.25) is 5.56 Å². The van der Waals surface area contributed by atoms with E-state index in [1.165, 1.54) is 12.1 Å². The molecule has 3 aromatic rings. The zero-order valence-corrected chi connectivity index (χ0v) is 19.3. The predicted molar refractivity (Wildman–Crippen MR) is 128 cm³/mol. The van der Waals surface area contributed by atoms with Gasteiger partial charge in [0.1, 0.15) is 5.60 Å². The molecule has 33 heavy (non-hydrogen) atoms. The van der Waals surface area contributed by atoms with Crippen molar-refractivity contribution in [3.8, 4) is 5.75 Å². The third-order valence-electron chi connectivity index (χ3n) is 6.34. The number of para-hydroxylation sites is 1. The Bertz CT molecular complexity index is 1230. The molecule has 0 aliphatic carbocycles. The molecule has 0 saturated heterocycles. The van der Waals surface area contributed by atoms with Crippen molar-refractivity contribution < 1.29 is 13.9 Å². The van der Waals surface area contributed by atoms with Gasteiger partial charge in [0.15, 0.2) is 11.6 Å². The van der Waals surface area contributed by atoms with Crippen molar-refractivity contribution in [1.82, 2.24) is 10.3 Å². The number of pyridine rings is 1. The van der Waals surface area contributed by atoms with Gasteiger partial charge in [0.25, 0.3) is 0 Å². The van der Waals surface area contributed by atoms with Crippen LogP contribution in [-0.2, 0) is 0 Å². The average Bonchev–Trinajstić information content (AvgIpc) is 2.77. The maximum absolute atomic E-state index is 14.7. The number of aromatic nitrogens is 1. The molecule has 2 aromatic carbocycles. The van der Waals surface area contributed by atoms with Crippen molar-refractivity contribution in [2.24, 2.45) is 0 Å². The van der Waals surface area contributed by atoms with Crippen LogP contribution in [0.4, 0.5) is 14.9 Å². The van der Waals surface area contributed by atoms with Crippen LogP contribution in [0.2, 0.25) is 0 Å². The Hall–Kier alpha value is -3.35. The van der Waals surface area contributed by atoms with Crippen LogP contribution in [0.5, 0.6) is 5.75 Å². The van der Waals surface area contributed by atoms with E-state index in [0.29, 0.717) is 23.2 Å². The third-order valence-corrected chi connectivity index (χ3v) is 6.34. The molecule has 1 atom stereocenters. The van der Waals surface area contributed by atoms with Crippen LogP contribution in [0.15, 0.2) is 47.3 Å². The lowest BCUT2D eigenvalue weighted by atomic mass is 9.81. The summed E-state index contributed by atoms with van der Waals surface area (Å²) in [5.74, 6) is -0.181. The zero-order chi connectivity index (χ0) is 23.6. The molecule has 1 aliphatic heterocycles.